The summed E-state index contributed by atoms with van der Waals surface area (Å²) in [5.74, 6) is 0. The molecule has 124 valence electrons. The van der Waals surface area contributed by atoms with E-state index in [0.29, 0.717) is 0 Å². The standard InChI is InChI=1S/C18H22N6/c1-15-7-3-5-9-17(15)19-21-23-11-13-24(14-12-23)22-20-18-10-6-4-8-16(18)2/h3-10H,11-14H2,1-2H3. The van der Waals surface area contributed by atoms with Crippen LogP contribution in [-0.2, 0) is 0 Å². The molecule has 0 saturated carbocycles. The Bertz CT molecular complexity index is 668. The van der Waals surface area contributed by atoms with Gasteiger partial charge < -0.3 is 0 Å². The molecule has 24 heavy (non-hydrogen) atoms. The zero-order valence-corrected chi connectivity index (χ0v) is 14.1. The smallest absolute Gasteiger partial charge is 0.0903 e. The maximum absolute atomic E-state index is 4.34. The molecule has 0 aromatic heterocycles. The monoisotopic (exact) mass is 322 g/mol. The summed E-state index contributed by atoms with van der Waals surface area (Å²) < 4.78 is 0. The Morgan fingerprint density at radius 1 is 0.625 bits per heavy atom. The van der Waals surface area contributed by atoms with Gasteiger partial charge in [0.05, 0.1) is 37.6 Å². The van der Waals surface area contributed by atoms with Gasteiger partial charge in [-0.15, -0.1) is 10.2 Å². The molecule has 1 aliphatic rings. The van der Waals surface area contributed by atoms with Crippen LogP contribution in [0.15, 0.2) is 69.2 Å². The van der Waals surface area contributed by atoms with Crippen LogP contribution in [0.4, 0.5) is 11.4 Å². The average Bonchev–Trinajstić information content (AvgIpc) is 2.61. The number of rotatable bonds is 4. The molecule has 2 aromatic rings. The molecule has 0 atom stereocenters. The van der Waals surface area contributed by atoms with Crippen molar-refractivity contribution in [2.45, 2.75) is 13.8 Å². The van der Waals surface area contributed by atoms with E-state index in [1.165, 1.54) is 0 Å². The lowest BCUT2D eigenvalue weighted by Gasteiger charge is -2.29. The molecule has 2 aromatic carbocycles. The van der Waals surface area contributed by atoms with Gasteiger partial charge in [-0.25, -0.2) is 0 Å². The first kappa shape index (κ1) is 16.1. The van der Waals surface area contributed by atoms with Crippen molar-refractivity contribution in [2.75, 3.05) is 26.2 Å². The van der Waals surface area contributed by atoms with Crippen LogP contribution in [-0.4, -0.2) is 36.2 Å². The molecule has 6 heteroatoms. The molecular weight excluding hydrogens is 300 g/mol. The Balaban J connectivity index is 1.53. The van der Waals surface area contributed by atoms with Crippen LogP contribution in [0.25, 0.3) is 0 Å². The summed E-state index contributed by atoms with van der Waals surface area (Å²) in [7, 11) is 0. The van der Waals surface area contributed by atoms with Crippen molar-refractivity contribution in [1.82, 2.24) is 10.0 Å². The molecule has 0 bridgehead atoms. The Labute approximate surface area is 142 Å². The summed E-state index contributed by atoms with van der Waals surface area (Å²) in [6.45, 7) is 7.26. The lowest BCUT2D eigenvalue weighted by molar-refractivity contribution is 0.126. The Kier molecular flexibility index (Phi) is 5.15. The molecule has 1 aliphatic heterocycles. The molecule has 0 aliphatic carbocycles. The normalized spacial score (nSPS) is 15.6. The predicted molar refractivity (Wildman–Crippen MR) is 94.5 cm³/mol. The number of hydrogen-bond donors (Lipinski definition) is 0. The van der Waals surface area contributed by atoms with E-state index in [0.717, 1.165) is 48.7 Å². The first-order chi connectivity index (χ1) is 11.7. The molecule has 1 saturated heterocycles. The average molecular weight is 322 g/mol. The zero-order chi connectivity index (χ0) is 16.8. The summed E-state index contributed by atoms with van der Waals surface area (Å²) in [5.41, 5.74) is 4.09. The van der Waals surface area contributed by atoms with Crippen molar-refractivity contribution >= 4 is 11.4 Å². The molecular formula is C18H22N6. The van der Waals surface area contributed by atoms with Crippen LogP contribution in [0, 0.1) is 13.8 Å². The van der Waals surface area contributed by atoms with Crippen molar-refractivity contribution in [2.24, 2.45) is 20.7 Å². The largest absolute Gasteiger partial charge is 0.275 e. The van der Waals surface area contributed by atoms with Crippen molar-refractivity contribution in [3.8, 4) is 0 Å². The fraction of sp³-hybridized carbons (Fsp3) is 0.333. The van der Waals surface area contributed by atoms with Gasteiger partial charge in [-0.1, -0.05) is 46.8 Å². The third-order valence-electron chi connectivity index (χ3n) is 4.02. The second-order valence-electron chi connectivity index (χ2n) is 5.86. The van der Waals surface area contributed by atoms with Gasteiger partial charge in [-0.05, 0) is 37.1 Å². The van der Waals surface area contributed by atoms with Crippen LogP contribution >= 0.6 is 0 Å². The van der Waals surface area contributed by atoms with E-state index >= 15 is 0 Å². The number of aryl methyl sites for hydroxylation is 2. The molecule has 3 rings (SSSR count). The maximum atomic E-state index is 4.34. The predicted octanol–water partition coefficient (Wildman–Crippen LogP) is 4.62. The second kappa shape index (κ2) is 7.68. The summed E-state index contributed by atoms with van der Waals surface area (Å²) in [6.07, 6.45) is 0. The summed E-state index contributed by atoms with van der Waals surface area (Å²) >= 11 is 0. The topological polar surface area (TPSA) is 55.9 Å². The Morgan fingerprint density at radius 2 is 1.00 bits per heavy atom. The molecule has 0 amide bonds. The van der Waals surface area contributed by atoms with Gasteiger partial charge in [-0.2, -0.15) is 0 Å². The second-order valence-corrected chi connectivity index (χ2v) is 5.86. The minimum Gasteiger partial charge on any atom is -0.275 e. The molecule has 1 fully saturated rings. The van der Waals surface area contributed by atoms with Crippen LogP contribution in [0.2, 0.25) is 0 Å². The highest BCUT2D eigenvalue weighted by atomic mass is 15.6. The minimum absolute atomic E-state index is 0.794. The van der Waals surface area contributed by atoms with Crippen LogP contribution in [0.3, 0.4) is 0 Å². The van der Waals surface area contributed by atoms with Gasteiger partial charge in [0.25, 0.3) is 0 Å². The number of nitrogens with zero attached hydrogens (tertiary/aromatic N) is 6. The Hall–Kier alpha value is -2.76. The number of benzene rings is 2. The zero-order valence-electron chi connectivity index (χ0n) is 14.1. The van der Waals surface area contributed by atoms with Crippen molar-refractivity contribution in [3.63, 3.8) is 0 Å². The van der Waals surface area contributed by atoms with E-state index in [4.69, 9.17) is 0 Å². The van der Waals surface area contributed by atoms with Crippen LogP contribution in [0.1, 0.15) is 11.1 Å². The van der Waals surface area contributed by atoms with Gasteiger partial charge in [0.2, 0.25) is 0 Å². The summed E-state index contributed by atoms with van der Waals surface area (Å²) in [5, 5.41) is 21.3. The molecule has 6 nitrogen and oxygen atoms in total. The summed E-state index contributed by atoms with van der Waals surface area (Å²) in [6, 6.07) is 16.0. The lowest BCUT2D eigenvalue weighted by atomic mass is 10.2. The van der Waals surface area contributed by atoms with E-state index in [1.54, 1.807) is 0 Å². The van der Waals surface area contributed by atoms with Gasteiger partial charge in [0.1, 0.15) is 0 Å². The van der Waals surface area contributed by atoms with Crippen LogP contribution < -0.4 is 0 Å². The highest BCUT2D eigenvalue weighted by Crippen LogP contribution is 2.19. The van der Waals surface area contributed by atoms with Crippen molar-refractivity contribution in [3.05, 3.63) is 59.7 Å². The first-order valence-corrected chi connectivity index (χ1v) is 8.17. The van der Waals surface area contributed by atoms with Crippen LogP contribution in [0.5, 0.6) is 0 Å². The number of hydrogen-bond acceptors (Lipinski definition) is 4. The van der Waals surface area contributed by atoms with Crippen molar-refractivity contribution < 1.29 is 0 Å². The first-order valence-electron chi connectivity index (χ1n) is 8.17. The third-order valence-corrected chi connectivity index (χ3v) is 4.02. The van der Waals surface area contributed by atoms with Gasteiger partial charge in [0.15, 0.2) is 0 Å². The van der Waals surface area contributed by atoms with Crippen molar-refractivity contribution in [1.29, 1.82) is 0 Å². The fourth-order valence-electron chi connectivity index (χ4n) is 2.44. The van der Waals surface area contributed by atoms with E-state index < -0.39 is 0 Å². The van der Waals surface area contributed by atoms with Gasteiger partial charge in [0, 0.05) is 0 Å². The number of piperazine rings is 1. The maximum Gasteiger partial charge on any atom is 0.0903 e. The minimum atomic E-state index is 0.794. The van der Waals surface area contributed by atoms with E-state index in [-0.39, 0.29) is 0 Å². The SMILES string of the molecule is Cc1ccccc1N=NN1CCN(N=Nc2ccccc2C)CC1. The molecule has 1 heterocycles. The lowest BCUT2D eigenvalue weighted by Crippen LogP contribution is -2.40. The molecule has 0 N–H and O–H groups in total. The Morgan fingerprint density at radius 3 is 1.38 bits per heavy atom. The third kappa shape index (κ3) is 4.16. The van der Waals surface area contributed by atoms with E-state index in [9.17, 15) is 0 Å². The highest BCUT2D eigenvalue weighted by Gasteiger charge is 2.14. The van der Waals surface area contributed by atoms with E-state index in [2.05, 4.69) is 20.7 Å². The van der Waals surface area contributed by atoms with Gasteiger partial charge in [-0.3, -0.25) is 10.0 Å². The molecule has 0 unspecified atom stereocenters. The molecule has 0 radical (unpaired) electrons. The fourth-order valence-corrected chi connectivity index (χ4v) is 2.44. The molecule has 0 spiro atoms. The highest BCUT2D eigenvalue weighted by molar-refractivity contribution is 5.44. The van der Waals surface area contributed by atoms with Gasteiger partial charge >= 0.3 is 0 Å². The van der Waals surface area contributed by atoms with E-state index in [1.807, 2.05) is 72.4 Å². The quantitative estimate of drug-likeness (QED) is 0.771. The summed E-state index contributed by atoms with van der Waals surface area (Å²) in [4.78, 5) is 0.